The van der Waals surface area contributed by atoms with Crippen molar-refractivity contribution in [2.45, 2.75) is 0 Å². The van der Waals surface area contributed by atoms with Crippen LogP contribution in [0.3, 0.4) is 0 Å². The predicted octanol–water partition coefficient (Wildman–Crippen LogP) is 1.09. The fraction of sp³-hybridized carbons (Fsp3) is 0. The van der Waals surface area contributed by atoms with Crippen molar-refractivity contribution in [1.82, 2.24) is 0 Å². The van der Waals surface area contributed by atoms with Gasteiger partial charge in [-0.15, -0.1) is 0 Å². The Morgan fingerprint density at radius 1 is 1.46 bits per heavy atom. The van der Waals surface area contributed by atoms with E-state index in [1.54, 1.807) is 0 Å². The average Bonchev–Trinajstić information content (AvgIpc) is 1.94. The van der Waals surface area contributed by atoms with Crippen LogP contribution in [0.25, 0.3) is 0 Å². The van der Waals surface area contributed by atoms with E-state index in [4.69, 9.17) is 11.6 Å². The van der Waals surface area contributed by atoms with Gasteiger partial charge in [0.2, 0.25) is 0 Å². The van der Waals surface area contributed by atoms with Gasteiger partial charge >= 0.3 is 0 Å². The molecule has 4 nitrogen and oxygen atoms in total. The monoisotopic (exact) mass is 224 g/mol. The summed E-state index contributed by atoms with van der Waals surface area (Å²) in [6, 6.07) is 3.47. The number of benzene rings is 1. The Labute approximate surface area is 79.7 Å². The van der Waals surface area contributed by atoms with Crippen molar-refractivity contribution in [3.8, 4) is 0 Å². The molecule has 1 aromatic carbocycles. The molecule has 1 aromatic rings. The van der Waals surface area contributed by atoms with Gasteiger partial charge < -0.3 is 0 Å². The van der Waals surface area contributed by atoms with Crippen molar-refractivity contribution >= 4 is 27.5 Å². The number of nitrogens with two attached hydrogens (primary N) is 1. The molecular formula is C6H6ClFN2O2S. The molecule has 0 spiro atoms. The molecule has 0 atom stereocenters. The minimum absolute atomic E-state index is 0.0319. The summed E-state index contributed by atoms with van der Waals surface area (Å²) in [6.07, 6.45) is 0. The summed E-state index contributed by atoms with van der Waals surface area (Å²) in [5, 5.41) is 4.58. The normalized spacial score (nSPS) is 11.3. The molecule has 0 heterocycles. The third-order valence-corrected chi connectivity index (χ3v) is 2.01. The van der Waals surface area contributed by atoms with E-state index in [0.717, 1.165) is 6.07 Å². The Balaban J connectivity index is 2.99. The molecule has 0 aliphatic rings. The molecule has 0 saturated heterocycles. The first-order chi connectivity index (χ1) is 5.88. The van der Waals surface area contributed by atoms with Crippen LogP contribution in [0.5, 0.6) is 0 Å². The zero-order valence-corrected chi connectivity index (χ0v) is 7.86. The third-order valence-electron chi connectivity index (χ3n) is 1.18. The van der Waals surface area contributed by atoms with Gasteiger partial charge in [-0.25, -0.2) is 9.53 Å². The van der Waals surface area contributed by atoms with Gasteiger partial charge in [-0.05, 0) is 18.2 Å². The minimum atomic E-state index is -3.87. The molecule has 0 radical (unpaired) electrons. The molecule has 0 amide bonds. The van der Waals surface area contributed by atoms with Crippen LogP contribution in [-0.4, -0.2) is 8.42 Å². The first kappa shape index (κ1) is 10.2. The second-order valence-corrected chi connectivity index (χ2v) is 3.98. The molecule has 0 fully saturated rings. The summed E-state index contributed by atoms with van der Waals surface area (Å²) in [5.41, 5.74) is 0.0319. The Kier molecular flexibility index (Phi) is 2.74. The van der Waals surface area contributed by atoms with Crippen molar-refractivity contribution in [1.29, 1.82) is 0 Å². The largest absolute Gasteiger partial charge is 0.296 e. The molecule has 3 N–H and O–H groups in total. The fourth-order valence-corrected chi connectivity index (χ4v) is 1.30. The lowest BCUT2D eigenvalue weighted by Crippen LogP contribution is -2.21. The summed E-state index contributed by atoms with van der Waals surface area (Å²) < 4.78 is 35.7. The highest BCUT2D eigenvalue weighted by molar-refractivity contribution is 7.90. The summed E-state index contributed by atoms with van der Waals surface area (Å²) in [4.78, 5) is 0. The standard InChI is InChI=1S/C6H6ClFN2O2S/c7-5-2-1-4(3-6(5)8)10-13(9,11)12/h1-3,10H,(H2,9,11,12). The highest BCUT2D eigenvalue weighted by Gasteiger charge is 2.04. The van der Waals surface area contributed by atoms with Crippen molar-refractivity contribution in [2.24, 2.45) is 5.14 Å². The van der Waals surface area contributed by atoms with Crippen LogP contribution >= 0.6 is 11.6 Å². The Hall–Kier alpha value is -0.850. The number of halogens is 2. The summed E-state index contributed by atoms with van der Waals surface area (Å²) >= 11 is 5.37. The highest BCUT2D eigenvalue weighted by atomic mass is 35.5. The summed E-state index contributed by atoms with van der Waals surface area (Å²) in [5.74, 6) is -0.713. The van der Waals surface area contributed by atoms with Gasteiger partial charge in [-0.2, -0.15) is 8.42 Å². The van der Waals surface area contributed by atoms with Gasteiger partial charge in [0.1, 0.15) is 5.82 Å². The van der Waals surface area contributed by atoms with E-state index in [0.29, 0.717) is 0 Å². The molecule has 0 aromatic heterocycles. The van der Waals surface area contributed by atoms with Gasteiger partial charge in [0.15, 0.2) is 0 Å². The van der Waals surface area contributed by atoms with E-state index in [1.807, 2.05) is 4.72 Å². The van der Waals surface area contributed by atoms with Crippen LogP contribution in [0.15, 0.2) is 18.2 Å². The van der Waals surface area contributed by atoms with Crippen LogP contribution in [0.1, 0.15) is 0 Å². The SMILES string of the molecule is NS(=O)(=O)Nc1ccc(Cl)c(F)c1. The Morgan fingerprint density at radius 3 is 2.54 bits per heavy atom. The second kappa shape index (κ2) is 3.49. The third kappa shape index (κ3) is 3.17. The van der Waals surface area contributed by atoms with E-state index in [-0.39, 0.29) is 10.7 Å². The molecule has 0 aliphatic heterocycles. The smallest absolute Gasteiger partial charge is 0.271 e. The lowest BCUT2D eigenvalue weighted by molar-refractivity contribution is 0.602. The lowest BCUT2D eigenvalue weighted by Gasteiger charge is -2.03. The fourth-order valence-electron chi connectivity index (χ4n) is 0.724. The second-order valence-electron chi connectivity index (χ2n) is 2.28. The van der Waals surface area contributed by atoms with Crippen LogP contribution in [-0.2, 0) is 10.2 Å². The van der Waals surface area contributed by atoms with Crippen LogP contribution in [0.2, 0.25) is 5.02 Å². The van der Waals surface area contributed by atoms with E-state index in [2.05, 4.69) is 5.14 Å². The van der Waals surface area contributed by atoms with Gasteiger partial charge in [-0.3, -0.25) is 4.72 Å². The first-order valence-electron chi connectivity index (χ1n) is 3.14. The number of rotatable bonds is 2. The molecule has 0 bridgehead atoms. The van der Waals surface area contributed by atoms with Crippen LogP contribution < -0.4 is 9.86 Å². The molecular weight excluding hydrogens is 219 g/mol. The number of anilines is 1. The van der Waals surface area contributed by atoms with Crippen molar-refractivity contribution < 1.29 is 12.8 Å². The molecule has 0 unspecified atom stereocenters. The van der Waals surface area contributed by atoms with E-state index in [1.165, 1.54) is 12.1 Å². The maximum absolute atomic E-state index is 12.7. The van der Waals surface area contributed by atoms with Gasteiger partial charge in [-0.1, -0.05) is 11.6 Å². The van der Waals surface area contributed by atoms with Gasteiger partial charge in [0.05, 0.1) is 10.7 Å². The molecule has 0 saturated carbocycles. The molecule has 13 heavy (non-hydrogen) atoms. The molecule has 1 rings (SSSR count). The quantitative estimate of drug-likeness (QED) is 0.790. The zero-order valence-electron chi connectivity index (χ0n) is 6.29. The van der Waals surface area contributed by atoms with Gasteiger partial charge in [0, 0.05) is 0 Å². The number of nitrogens with one attached hydrogen (secondary N) is 1. The Morgan fingerprint density at radius 2 is 2.08 bits per heavy atom. The summed E-state index contributed by atoms with van der Waals surface area (Å²) in [6.45, 7) is 0. The van der Waals surface area contributed by atoms with Crippen molar-refractivity contribution in [3.05, 3.63) is 29.0 Å². The minimum Gasteiger partial charge on any atom is -0.271 e. The topological polar surface area (TPSA) is 72.2 Å². The van der Waals surface area contributed by atoms with Crippen LogP contribution in [0, 0.1) is 5.82 Å². The van der Waals surface area contributed by atoms with E-state index < -0.39 is 16.0 Å². The summed E-state index contributed by atoms with van der Waals surface area (Å²) in [7, 11) is -3.87. The predicted molar refractivity (Wildman–Crippen MR) is 48.1 cm³/mol. The first-order valence-corrected chi connectivity index (χ1v) is 5.06. The van der Waals surface area contributed by atoms with Crippen molar-refractivity contribution in [3.63, 3.8) is 0 Å². The zero-order chi connectivity index (χ0) is 10.1. The van der Waals surface area contributed by atoms with E-state index in [9.17, 15) is 12.8 Å². The van der Waals surface area contributed by atoms with Crippen molar-refractivity contribution in [2.75, 3.05) is 4.72 Å². The average molecular weight is 225 g/mol. The maximum Gasteiger partial charge on any atom is 0.296 e. The number of hydrogen-bond acceptors (Lipinski definition) is 2. The molecule has 0 aliphatic carbocycles. The molecule has 7 heteroatoms. The van der Waals surface area contributed by atoms with Crippen LogP contribution in [0.4, 0.5) is 10.1 Å². The molecule has 72 valence electrons. The lowest BCUT2D eigenvalue weighted by atomic mass is 10.3. The maximum atomic E-state index is 12.7. The Bertz CT molecular complexity index is 421. The van der Waals surface area contributed by atoms with Gasteiger partial charge in [0.25, 0.3) is 10.2 Å². The highest BCUT2D eigenvalue weighted by Crippen LogP contribution is 2.18. The van der Waals surface area contributed by atoms with E-state index >= 15 is 0 Å². The number of hydrogen-bond donors (Lipinski definition) is 2.